The van der Waals surface area contributed by atoms with Crippen LogP contribution in [0.4, 0.5) is 0 Å². The van der Waals surface area contributed by atoms with Crippen LogP contribution in [0.5, 0.6) is 0 Å². The number of carbonyl (C=O) groups excluding carboxylic acids is 1. The molecule has 0 aromatic heterocycles. The van der Waals surface area contributed by atoms with Crippen LogP contribution in [0.25, 0.3) is 0 Å². The molecule has 0 saturated carbocycles. The highest BCUT2D eigenvalue weighted by molar-refractivity contribution is 5.93. The maximum Gasteiger partial charge on any atom is 0.247 e. The van der Waals surface area contributed by atoms with Gasteiger partial charge in [-0.15, -0.1) is 0 Å². The molecule has 1 unspecified atom stereocenters. The molecule has 96 valence electrons. The molecule has 0 aromatic carbocycles. The summed E-state index contributed by atoms with van der Waals surface area (Å²) in [5.41, 5.74) is 2.15. The summed E-state index contributed by atoms with van der Waals surface area (Å²) in [6, 6.07) is 0.519. The first kappa shape index (κ1) is 12.6. The minimum absolute atomic E-state index is 0.112. The molecule has 2 fully saturated rings. The van der Waals surface area contributed by atoms with Gasteiger partial charge in [-0.2, -0.15) is 0 Å². The molecule has 0 bridgehead atoms. The van der Waals surface area contributed by atoms with E-state index in [2.05, 4.69) is 22.6 Å². The Balaban J connectivity index is 1.79. The molecule has 2 N–H and O–H groups in total. The Kier molecular flexibility index (Phi) is 4.18. The van der Waals surface area contributed by atoms with Gasteiger partial charge < -0.3 is 15.5 Å². The molecule has 4 heteroatoms. The maximum absolute atomic E-state index is 11.9. The lowest BCUT2D eigenvalue weighted by Gasteiger charge is -2.32. The average molecular weight is 237 g/mol. The Morgan fingerprint density at radius 1 is 1.47 bits per heavy atom. The minimum atomic E-state index is 0.112. The van der Waals surface area contributed by atoms with Gasteiger partial charge in [0, 0.05) is 31.2 Å². The molecule has 2 aliphatic heterocycles. The summed E-state index contributed by atoms with van der Waals surface area (Å²) < 4.78 is 0. The highest BCUT2D eigenvalue weighted by atomic mass is 16.1. The lowest BCUT2D eigenvalue weighted by atomic mass is 10.0. The van der Waals surface area contributed by atoms with Crippen molar-refractivity contribution in [3.63, 3.8) is 0 Å². The van der Waals surface area contributed by atoms with Crippen molar-refractivity contribution < 1.29 is 4.79 Å². The molecule has 17 heavy (non-hydrogen) atoms. The molecular weight excluding hydrogens is 214 g/mol. The lowest BCUT2D eigenvalue weighted by Crippen LogP contribution is -2.45. The SMILES string of the molecule is CC(C(=O)NCC1CCCCN1C)=C1CNC1. The third-order valence-electron chi connectivity index (χ3n) is 3.97. The second-order valence-electron chi connectivity index (χ2n) is 5.17. The summed E-state index contributed by atoms with van der Waals surface area (Å²) in [5, 5.41) is 6.23. The van der Waals surface area contributed by atoms with E-state index >= 15 is 0 Å². The topological polar surface area (TPSA) is 44.4 Å². The molecule has 2 rings (SSSR count). The number of hydrogen-bond donors (Lipinski definition) is 2. The zero-order valence-corrected chi connectivity index (χ0v) is 10.9. The quantitative estimate of drug-likeness (QED) is 0.703. The lowest BCUT2D eigenvalue weighted by molar-refractivity contribution is -0.117. The maximum atomic E-state index is 11.9. The van der Waals surface area contributed by atoms with Crippen LogP contribution in [0, 0.1) is 0 Å². The summed E-state index contributed by atoms with van der Waals surface area (Å²) in [7, 11) is 2.15. The van der Waals surface area contributed by atoms with Crippen molar-refractivity contribution in [3.8, 4) is 0 Å². The molecule has 0 spiro atoms. The smallest absolute Gasteiger partial charge is 0.247 e. The predicted molar refractivity (Wildman–Crippen MR) is 68.8 cm³/mol. The van der Waals surface area contributed by atoms with Gasteiger partial charge in [-0.25, -0.2) is 0 Å². The van der Waals surface area contributed by atoms with Gasteiger partial charge in [-0.1, -0.05) is 6.42 Å². The number of likely N-dealkylation sites (tertiary alicyclic amines) is 1. The highest BCUT2D eigenvalue weighted by Crippen LogP contribution is 2.14. The van der Waals surface area contributed by atoms with Crippen LogP contribution in [0.3, 0.4) is 0 Å². The van der Waals surface area contributed by atoms with E-state index in [1.807, 2.05) is 6.92 Å². The van der Waals surface area contributed by atoms with Gasteiger partial charge in [0.05, 0.1) is 0 Å². The number of amides is 1. The van der Waals surface area contributed by atoms with Crippen LogP contribution in [0.2, 0.25) is 0 Å². The predicted octanol–water partition coefficient (Wildman–Crippen LogP) is 0.507. The normalized spacial score (nSPS) is 25.3. The number of piperidine rings is 1. The Morgan fingerprint density at radius 2 is 2.24 bits per heavy atom. The molecule has 2 saturated heterocycles. The van der Waals surface area contributed by atoms with Gasteiger partial charge in [0.2, 0.25) is 5.91 Å². The van der Waals surface area contributed by atoms with E-state index in [0.717, 1.165) is 31.8 Å². The Morgan fingerprint density at radius 3 is 2.82 bits per heavy atom. The molecule has 1 amide bonds. The number of likely N-dealkylation sites (N-methyl/N-ethyl adjacent to an activating group) is 1. The summed E-state index contributed by atoms with van der Waals surface area (Å²) in [5.74, 6) is 0.112. The first-order valence-corrected chi connectivity index (χ1v) is 6.56. The van der Waals surface area contributed by atoms with E-state index < -0.39 is 0 Å². The zero-order chi connectivity index (χ0) is 12.3. The van der Waals surface area contributed by atoms with Gasteiger partial charge in [0.15, 0.2) is 0 Å². The molecule has 2 heterocycles. The zero-order valence-electron chi connectivity index (χ0n) is 10.9. The summed E-state index contributed by atoms with van der Waals surface area (Å²) >= 11 is 0. The fourth-order valence-electron chi connectivity index (χ4n) is 2.42. The molecular formula is C13H23N3O. The molecule has 0 aliphatic carbocycles. The van der Waals surface area contributed by atoms with Crippen LogP contribution < -0.4 is 10.6 Å². The van der Waals surface area contributed by atoms with Crippen molar-refractivity contribution in [3.05, 3.63) is 11.1 Å². The van der Waals surface area contributed by atoms with Crippen molar-refractivity contribution in [2.24, 2.45) is 0 Å². The van der Waals surface area contributed by atoms with Crippen molar-refractivity contribution in [1.82, 2.24) is 15.5 Å². The number of nitrogens with zero attached hydrogens (tertiary/aromatic N) is 1. The second-order valence-corrected chi connectivity index (χ2v) is 5.17. The first-order chi connectivity index (χ1) is 8.18. The standard InChI is InChI=1S/C13H23N3O/c1-10(11-7-14-8-11)13(17)15-9-12-5-3-4-6-16(12)2/h12,14H,3-9H2,1-2H3,(H,15,17). The van der Waals surface area contributed by atoms with E-state index in [1.54, 1.807) is 0 Å². The van der Waals surface area contributed by atoms with E-state index in [0.29, 0.717) is 6.04 Å². The highest BCUT2D eigenvalue weighted by Gasteiger charge is 2.21. The summed E-state index contributed by atoms with van der Waals surface area (Å²) in [4.78, 5) is 14.3. The molecule has 0 aromatic rings. The van der Waals surface area contributed by atoms with Crippen LogP contribution in [0.1, 0.15) is 26.2 Å². The van der Waals surface area contributed by atoms with E-state index in [4.69, 9.17) is 0 Å². The molecule has 0 radical (unpaired) electrons. The van der Waals surface area contributed by atoms with Gasteiger partial charge in [-0.05, 0) is 38.9 Å². The fourth-order valence-corrected chi connectivity index (χ4v) is 2.42. The van der Waals surface area contributed by atoms with Crippen LogP contribution in [-0.2, 0) is 4.79 Å². The van der Waals surface area contributed by atoms with E-state index in [9.17, 15) is 4.79 Å². The fraction of sp³-hybridized carbons (Fsp3) is 0.769. The van der Waals surface area contributed by atoms with Crippen molar-refractivity contribution in [1.29, 1.82) is 0 Å². The number of rotatable bonds is 3. The summed E-state index contributed by atoms with van der Waals surface area (Å²) in [6.45, 7) is 5.62. The van der Waals surface area contributed by atoms with Crippen LogP contribution in [-0.4, -0.2) is 50.1 Å². The Hall–Kier alpha value is -0.870. The Labute approximate surface area is 103 Å². The van der Waals surface area contributed by atoms with Crippen LogP contribution >= 0.6 is 0 Å². The molecule has 1 atom stereocenters. The summed E-state index contributed by atoms with van der Waals surface area (Å²) in [6.07, 6.45) is 3.78. The third-order valence-corrected chi connectivity index (χ3v) is 3.97. The number of nitrogens with one attached hydrogen (secondary N) is 2. The monoisotopic (exact) mass is 237 g/mol. The van der Waals surface area contributed by atoms with Crippen LogP contribution in [0.15, 0.2) is 11.1 Å². The van der Waals surface area contributed by atoms with Gasteiger partial charge in [0.1, 0.15) is 0 Å². The average Bonchev–Trinajstić information content (AvgIpc) is 2.25. The molecule has 4 nitrogen and oxygen atoms in total. The third kappa shape index (κ3) is 3.07. The van der Waals surface area contributed by atoms with Crippen molar-refractivity contribution in [2.45, 2.75) is 32.2 Å². The molecule has 2 aliphatic rings. The second kappa shape index (κ2) is 5.65. The van der Waals surface area contributed by atoms with Gasteiger partial charge >= 0.3 is 0 Å². The van der Waals surface area contributed by atoms with Gasteiger partial charge in [0.25, 0.3) is 0 Å². The van der Waals surface area contributed by atoms with E-state index in [-0.39, 0.29) is 5.91 Å². The number of hydrogen-bond acceptors (Lipinski definition) is 3. The van der Waals surface area contributed by atoms with Crippen molar-refractivity contribution in [2.75, 3.05) is 33.2 Å². The minimum Gasteiger partial charge on any atom is -0.351 e. The number of carbonyl (C=O) groups is 1. The largest absolute Gasteiger partial charge is 0.351 e. The first-order valence-electron chi connectivity index (χ1n) is 6.56. The van der Waals surface area contributed by atoms with Gasteiger partial charge in [-0.3, -0.25) is 4.79 Å². The van der Waals surface area contributed by atoms with Crippen molar-refractivity contribution >= 4 is 5.91 Å². The van der Waals surface area contributed by atoms with E-state index in [1.165, 1.54) is 24.8 Å². The Bertz CT molecular complexity index is 319.